The van der Waals surface area contributed by atoms with Crippen LogP contribution in [0.4, 0.5) is 0 Å². The number of hydrogen-bond acceptors (Lipinski definition) is 3. The zero-order chi connectivity index (χ0) is 11.9. The molecule has 1 aromatic heterocycles. The number of pyridine rings is 1. The van der Waals surface area contributed by atoms with Crippen LogP contribution in [0.2, 0.25) is 0 Å². The van der Waals surface area contributed by atoms with Gasteiger partial charge in [-0.2, -0.15) is 0 Å². The normalized spacial score (nSPS) is 21.4. The van der Waals surface area contributed by atoms with Crippen LogP contribution in [0.3, 0.4) is 0 Å². The molecule has 1 aromatic rings. The highest BCUT2D eigenvalue weighted by molar-refractivity contribution is 5.08. The molecule has 1 saturated heterocycles. The first kappa shape index (κ1) is 12.5. The highest BCUT2D eigenvalue weighted by Crippen LogP contribution is 2.12. The second-order valence-electron chi connectivity index (χ2n) is 4.93. The number of hydrogen-bond donors (Lipinski definition) is 1. The fourth-order valence-corrected chi connectivity index (χ4v) is 2.48. The maximum atomic E-state index is 4.16. The zero-order valence-electron chi connectivity index (χ0n) is 10.7. The van der Waals surface area contributed by atoms with Crippen molar-refractivity contribution in [2.75, 3.05) is 26.7 Å². The third-order valence-corrected chi connectivity index (χ3v) is 3.64. The van der Waals surface area contributed by atoms with Crippen LogP contribution in [-0.2, 0) is 6.42 Å². The minimum absolute atomic E-state index is 0.752. The molecular weight excluding hydrogens is 210 g/mol. The summed E-state index contributed by atoms with van der Waals surface area (Å²) in [5.41, 5.74) is 1.34. The quantitative estimate of drug-likeness (QED) is 0.858. The molecule has 1 aliphatic heterocycles. The summed E-state index contributed by atoms with van der Waals surface area (Å²) in [4.78, 5) is 6.68. The van der Waals surface area contributed by atoms with Gasteiger partial charge in [0.25, 0.3) is 0 Å². The van der Waals surface area contributed by atoms with Crippen molar-refractivity contribution in [3.8, 4) is 0 Å². The Balaban J connectivity index is 1.78. The second kappa shape index (κ2) is 6.72. The smallest absolute Gasteiger partial charge is 0.0300 e. The van der Waals surface area contributed by atoms with Gasteiger partial charge in [-0.3, -0.25) is 4.98 Å². The molecule has 0 aromatic carbocycles. The predicted molar refractivity (Wildman–Crippen MR) is 71.1 cm³/mol. The van der Waals surface area contributed by atoms with Crippen molar-refractivity contribution in [3.05, 3.63) is 30.1 Å². The first-order valence-electron chi connectivity index (χ1n) is 6.66. The number of rotatable bonds is 4. The van der Waals surface area contributed by atoms with E-state index in [0.717, 1.165) is 19.0 Å². The van der Waals surface area contributed by atoms with Crippen molar-refractivity contribution in [2.45, 2.75) is 31.7 Å². The fourth-order valence-electron chi connectivity index (χ4n) is 2.48. The average molecular weight is 233 g/mol. The summed E-state index contributed by atoms with van der Waals surface area (Å²) in [6, 6.07) is 4.93. The molecule has 94 valence electrons. The summed E-state index contributed by atoms with van der Waals surface area (Å²) < 4.78 is 0. The Hall–Kier alpha value is -0.930. The van der Waals surface area contributed by atoms with Crippen LogP contribution in [0.15, 0.2) is 24.5 Å². The van der Waals surface area contributed by atoms with Crippen LogP contribution in [0.25, 0.3) is 0 Å². The van der Waals surface area contributed by atoms with Crippen molar-refractivity contribution in [1.29, 1.82) is 0 Å². The largest absolute Gasteiger partial charge is 0.317 e. The second-order valence-corrected chi connectivity index (χ2v) is 4.93. The van der Waals surface area contributed by atoms with Gasteiger partial charge in [0.2, 0.25) is 0 Å². The molecular formula is C14H23N3. The van der Waals surface area contributed by atoms with E-state index < -0.39 is 0 Å². The summed E-state index contributed by atoms with van der Waals surface area (Å²) in [6.07, 6.45) is 8.84. The molecule has 0 radical (unpaired) electrons. The predicted octanol–water partition coefficient (Wildman–Crippen LogP) is 1.70. The lowest BCUT2D eigenvalue weighted by molar-refractivity contribution is 0.227. The minimum Gasteiger partial charge on any atom is -0.317 e. The van der Waals surface area contributed by atoms with Gasteiger partial charge in [-0.15, -0.1) is 0 Å². The lowest BCUT2D eigenvalue weighted by Gasteiger charge is -2.26. The van der Waals surface area contributed by atoms with Gasteiger partial charge in [-0.1, -0.05) is 6.07 Å². The molecule has 1 atom stereocenters. The van der Waals surface area contributed by atoms with Crippen LogP contribution < -0.4 is 5.32 Å². The van der Waals surface area contributed by atoms with Crippen LogP contribution in [0.5, 0.6) is 0 Å². The summed E-state index contributed by atoms with van der Waals surface area (Å²) in [7, 11) is 2.26. The zero-order valence-corrected chi connectivity index (χ0v) is 10.7. The van der Waals surface area contributed by atoms with Gasteiger partial charge < -0.3 is 10.2 Å². The molecule has 17 heavy (non-hydrogen) atoms. The van der Waals surface area contributed by atoms with Crippen molar-refractivity contribution < 1.29 is 0 Å². The van der Waals surface area contributed by atoms with E-state index >= 15 is 0 Å². The Morgan fingerprint density at radius 2 is 2.35 bits per heavy atom. The van der Waals surface area contributed by atoms with Crippen LogP contribution in [-0.4, -0.2) is 42.6 Å². The molecule has 1 unspecified atom stereocenters. The number of nitrogens with one attached hydrogen (secondary N) is 1. The maximum absolute atomic E-state index is 4.16. The van der Waals surface area contributed by atoms with E-state index in [4.69, 9.17) is 0 Å². The van der Waals surface area contributed by atoms with Gasteiger partial charge in [-0.25, -0.2) is 0 Å². The molecule has 1 N–H and O–H groups in total. The van der Waals surface area contributed by atoms with Gasteiger partial charge in [0, 0.05) is 25.0 Å². The summed E-state index contributed by atoms with van der Waals surface area (Å²) in [5, 5.41) is 3.47. The van der Waals surface area contributed by atoms with E-state index in [9.17, 15) is 0 Å². The Bertz CT molecular complexity index is 305. The molecule has 3 nitrogen and oxygen atoms in total. The lowest BCUT2D eigenvalue weighted by Crippen LogP contribution is -2.34. The van der Waals surface area contributed by atoms with E-state index in [0.29, 0.717) is 0 Å². The Kier molecular flexibility index (Phi) is 4.95. The summed E-state index contributed by atoms with van der Waals surface area (Å²) in [6.45, 7) is 3.49. The van der Waals surface area contributed by atoms with Crippen LogP contribution in [0, 0.1) is 0 Å². The fraction of sp³-hybridized carbons (Fsp3) is 0.643. The molecule has 0 aliphatic carbocycles. The third-order valence-electron chi connectivity index (χ3n) is 3.64. The maximum Gasteiger partial charge on any atom is 0.0300 e. The SMILES string of the molecule is CN(CCc1cccnc1)C1CCCNCC1. The number of likely N-dealkylation sites (N-methyl/N-ethyl adjacent to an activating group) is 1. The Morgan fingerprint density at radius 1 is 1.41 bits per heavy atom. The average Bonchev–Trinajstić information content (AvgIpc) is 2.66. The minimum atomic E-state index is 0.752. The van der Waals surface area contributed by atoms with Gasteiger partial charge >= 0.3 is 0 Å². The van der Waals surface area contributed by atoms with Gasteiger partial charge in [0.05, 0.1) is 0 Å². The first-order valence-corrected chi connectivity index (χ1v) is 6.66. The molecule has 3 heteroatoms. The molecule has 2 rings (SSSR count). The molecule has 2 heterocycles. The summed E-state index contributed by atoms with van der Waals surface area (Å²) in [5.74, 6) is 0. The molecule has 0 amide bonds. The van der Waals surface area contributed by atoms with Crippen LogP contribution >= 0.6 is 0 Å². The number of nitrogens with zero attached hydrogens (tertiary/aromatic N) is 2. The standard InChI is InChI=1S/C14H23N3/c1-17(14-5-3-8-15-10-6-14)11-7-13-4-2-9-16-12-13/h2,4,9,12,14-15H,3,5-8,10-11H2,1H3. The van der Waals surface area contributed by atoms with E-state index in [1.165, 1.54) is 37.9 Å². The Morgan fingerprint density at radius 3 is 3.18 bits per heavy atom. The van der Waals surface area contributed by atoms with E-state index in [1.54, 1.807) is 0 Å². The van der Waals surface area contributed by atoms with Crippen molar-refractivity contribution >= 4 is 0 Å². The van der Waals surface area contributed by atoms with E-state index in [-0.39, 0.29) is 0 Å². The molecule has 0 spiro atoms. The molecule has 1 aliphatic rings. The highest BCUT2D eigenvalue weighted by atomic mass is 15.1. The summed E-state index contributed by atoms with van der Waals surface area (Å²) >= 11 is 0. The topological polar surface area (TPSA) is 28.2 Å². The Labute approximate surface area is 104 Å². The van der Waals surface area contributed by atoms with Gasteiger partial charge in [0.15, 0.2) is 0 Å². The van der Waals surface area contributed by atoms with Crippen molar-refractivity contribution in [2.24, 2.45) is 0 Å². The van der Waals surface area contributed by atoms with Gasteiger partial charge in [-0.05, 0) is 57.5 Å². The van der Waals surface area contributed by atoms with E-state index in [2.05, 4.69) is 28.3 Å². The molecule has 0 saturated carbocycles. The number of aromatic nitrogens is 1. The van der Waals surface area contributed by atoms with Crippen LogP contribution in [0.1, 0.15) is 24.8 Å². The lowest BCUT2D eigenvalue weighted by atomic mass is 10.1. The van der Waals surface area contributed by atoms with E-state index in [1.807, 2.05) is 18.5 Å². The first-order chi connectivity index (χ1) is 8.36. The monoisotopic (exact) mass is 233 g/mol. The van der Waals surface area contributed by atoms with Crippen molar-refractivity contribution in [3.63, 3.8) is 0 Å². The third kappa shape index (κ3) is 4.10. The molecule has 0 bridgehead atoms. The highest BCUT2D eigenvalue weighted by Gasteiger charge is 2.16. The molecule has 1 fully saturated rings. The van der Waals surface area contributed by atoms with Gasteiger partial charge in [0.1, 0.15) is 0 Å². The van der Waals surface area contributed by atoms with Crippen molar-refractivity contribution in [1.82, 2.24) is 15.2 Å².